The average molecular weight is 279 g/mol. The first kappa shape index (κ1) is 14.2. The fourth-order valence-electron chi connectivity index (χ4n) is 1.84. The van der Waals surface area contributed by atoms with E-state index in [1.807, 2.05) is 12.3 Å². The third-order valence-corrected chi connectivity index (χ3v) is 2.86. The van der Waals surface area contributed by atoms with Crippen molar-refractivity contribution < 1.29 is 14.3 Å². The van der Waals surface area contributed by atoms with Gasteiger partial charge in [-0.1, -0.05) is 5.21 Å². The number of ether oxygens (including phenoxy) is 2. The van der Waals surface area contributed by atoms with Crippen LogP contribution in [-0.2, 0) is 29.0 Å². The second-order valence-corrected chi connectivity index (χ2v) is 4.11. The zero-order chi connectivity index (χ0) is 14.4. The van der Waals surface area contributed by atoms with Crippen molar-refractivity contribution in [3.05, 3.63) is 29.8 Å². The van der Waals surface area contributed by atoms with Crippen molar-refractivity contribution in [1.82, 2.24) is 24.8 Å². The van der Waals surface area contributed by atoms with E-state index in [2.05, 4.69) is 15.4 Å². The molecule has 0 saturated heterocycles. The number of hydrogen-bond acceptors (Lipinski definition) is 6. The molecule has 0 aliphatic carbocycles. The van der Waals surface area contributed by atoms with Crippen molar-refractivity contribution in [2.45, 2.75) is 19.5 Å². The molecule has 0 aliphatic heterocycles. The van der Waals surface area contributed by atoms with Crippen LogP contribution < -0.4 is 0 Å². The van der Waals surface area contributed by atoms with Crippen LogP contribution in [0.1, 0.15) is 16.2 Å². The van der Waals surface area contributed by atoms with Crippen LogP contribution in [0.2, 0.25) is 0 Å². The second kappa shape index (κ2) is 6.80. The van der Waals surface area contributed by atoms with Crippen LogP contribution in [0, 0.1) is 0 Å². The predicted octanol–water partition coefficient (Wildman–Crippen LogP) is 0.150. The maximum absolute atomic E-state index is 11.6. The molecule has 0 unspecified atom stereocenters. The SMILES string of the molecule is COCCc1c(C(=O)OC)nnn1CCn1cccn1. The molecular weight excluding hydrogens is 262 g/mol. The van der Waals surface area contributed by atoms with Crippen LogP contribution >= 0.6 is 0 Å². The van der Waals surface area contributed by atoms with Crippen molar-refractivity contribution in [2.75, 3.05) is 20.8 Å². The first-order valence-electron chi connectivity index (χ1n) is 6.23. The van der Waals surface area contributed by atoms with Gasteiger partial charge in [0.2, 0.25) is 0 Å². The molecule has 2 heterocycles. The van der Waals surface area contributed by atoms with E-state index in [1.165, 1.54) is 7.11 Å². The van der Waals surface area contributed by atoms with Gasteiger partial charge in [0.1, 0.15) is 0 Å². The standard InChI is InChI=1S/C12H17N5O3/c1-19-9-4-10-11(12(18)20-2)14-15-17(10)8-7-16-6-3-5-13-16/h3,5-6H,4,7-9H2,1-2H3. The molecule has 0 atom stereocenters. The number of carbonyl (C=O) groups is 1. The van der Waals surface area contributed by atoms with Gasteiger partial charge in [-0.05, 0) is 6.07 Å². The Hall–Kier alpha value is -2.22. The van der Waals surface area contributed by atoms with E-state index in [1.54, 1.807) is 22.7 Å². The third kappa shape index (κ3) is 3.21. The van der Waals surface area contributed by atoms with Crippen molar-refractivity contribution in [3.63, 3.8) is 0 Å². The van der Waals surface area contributed by atoms with Gasteiger partial charge in [0, 0.05) is 25.9 Å². The minimum atomic E-state index is -0.485. The lowest BCUT2D eigenvalue weighted by molar-refractivity contribution is 0.0592. The first-order valence-corrected chi connectivity index (χ1v) is 6.23. The maximum Gasteiger partial charge on any atom is 0.360 e. The molecule has 0 N–H and O–H groups in total. The molecule has 0 fully saturated rings. The van der Waals surface area contributed by atoms with Crippen LogP contribution in [0.25, 0.3) is 0 Å². The van der Waals surface area contributed by atoms with E-state index < -0.39 is 5.97 Å². The van der Waals surface area contributed by atoms with Gasteiger partial charge < -0.3 is 9.47 Å². The van der Waals surface area contributed by atoms with Crippen molar-refractivity contribution >= 4 is 5.97 Å². The number of hydrogen-bond donors (Lipinski definition) is 0. The van der Waals surface area contributed by atoms with Gasteiger partial charge in [-0.3, -0.25) is 4.68 Å². The summed E-state index contributed by atoms with van der Waals surface area (Å²) in [5, 5.41) is 12.0. The van der Waals surface area contributed by atoms with E-state index in [0.29, 0.717) is 31.8 Å². The second-order valence-electron chi connectivity index (χ2n) is 4.11. The summed E-state index contributed by atoms with van der Waals surface area (Å²) < 4.78 is 13.2. The molecule has 20 heavy (non-hydrogen) atoms. The Morgan fingerprint density at radius 2 is 2.20 bits per heavy atom. The van der Waals surface area contributed by atoms with Gasteiger partial charge in [-0.2, -0.15) is 5.10 Å². The lowest BCUT2D eigenvalue weighted by Crippen LogP contribution is -2.15. The predicted molar refractivity (Wildman–Crippen MR) is 69.2 cm³/mol. The minimum Gasteiger partial charge on any atom is -0.464 e. The topological polar surface area (TPSA) is 84.1 Å². The fraction of sp³-hybridized carbons (Fsp3) is 0.500. The summed E-state index contributed by atoms with van der Waals surface area (Å²) in [6, 6.07) is 1.85. The molecule has 0 radical (unpaired) electrons. The Balaban J connectivity index is 2.14. The fourth-order valence-corrected chi connectivity index (χ4v) is 1.84. The number of methoxy groups -OCH3 is 2. The monoisotopic (exact) mass is 279 g/mol. The van der Waals surface area contributed by atoms with Gasteiger partial charge in [-0.15, -0.1) is 5.10 Å². The number of carbonyl (C=O) groups excluding carboxylic acids is 1. The average Bonchev–Trinajstić information content (AvgIpc) is 3.11. The van der Waals surface area contributed by atoms with Crippen LogP contribution in [0.4, 0.5) is 0 Å². The molecule has 0 amide bonds. The van der Waals surface area contributed by atoms with Crippen molar-refractivity contribution in [3.8, 4) is 0 Å². The van der Waals surface area contributed by atoms with Crippen LogP contribution in [0.15, 0.2) is 18.5 Å². The number of rotatable bonds is 7. The molecule has 108 valence electrons. The number of aryl methyl sites for hydroxylation is 2. The molecule has 8 heteroatoms. The lowest BCUT2D eigenvalue weighted by Gasteiger charge is -2.07. The maximum atomic E-state index is 11.6. The normalized spacial score (nSPS) is 10.7. The van der Waals surface area contributed by atoms with E-state index in [9.17, 15) is 4.79 Å². The Morgan fingerprint density at radius 1 is 1.35 bits per heavy atom. The molecule has 8 nitrogen and oxygen atoms in total. The Labute approximate surface area is 116 Å². The molecule has 0 bridgehead atoms. The number of aromatic nitrogens is 5. The summed E-state index contributed by atoms with van der Waals surface area (Å²) in [6.45, 7) is 1.71. The van der Waals surface area contributed by atoms with Gasteiger partial charge in [0.15, 0.2) is 5.69 Å². The molecular formula is C12H17N5O3. The summed E-state index contributed by atoms with van der Waals surface area (Å²) in [6.07, 6.45) is 4.13. The molecule has 0 aromatic carbocycles. The van der Waals surface area contributed by atoms with E-state index >= 15 is 0 Å². The zero-order valence-corrected chi connectivity index (χ0v) is 11.5. The lowest BCUT2D eigenvalue weighted by atomic mass is 10.2. The largest absolute Gasteiger partial charge is 0.464 e. The van der Waals surface area contributed by atoms with Crippen LogP contribution in [-0.4, -0.2) is 51.6 Å². The first-order chi connectivity index (χ1) is 9.76. The number of nitrogens with zero attached hydrogens (tertiary/aromatic N) is 5. The molecule has 2 aromatic rings. The Bertz CT molecular complexity index is 549. The quantitative estimate of drug-likeness (QED) is 0.671. The summed E-state index contributed by atoms with van der Waals surface area (Å²) in [4.78, 5) is 11.6. The van der Waals surface area contributed by atoms with Crippen LogP contribution in [0.5, 0.6) is 0 Å². The minimum absolute atomic E-state index is 0.241. The molecule has 0 spiro atoms. The van der Waals surface area contributed by atoms with Gasteiger partial charge in [-0.25, -0.2) is 9.48 Å². The summed E-state index contributed by atoms with van der Waals surface area (Å²) in [5.74, 6) is -0.485. The number of esters is 1. The Kier molecular flexibility index (Phi) is 4.83. The van der Waals surface area contributed by atoms with Crippen LogP contribution in [0.3, 0.4) is 0 Å². The van der Waals surface area contributed by atoms with Gasteiger partial charge >= 0.3 is 5.97 Å². The van der Waals surface area contributed by atoms with Gasteiger partial charge in [0.25, 0.3) is 0 Å². The summed E-state index contributed by atoms with van der Waals surface area (Å²) in [5.41, 5.74) is 0.955. The van der Waals surface area contributed by atoms with Crippen molar-refractivity contribution in [1.29, 1.82) is 0 Å². The molecule has 0 saturated carbocycles. The molecule has 2 rings (SSSR count). The third-order valence-electron chi connectivity index (χ3n) is 2.86. The highest BCUT2D eigenvalue weighted by Gasteiger charge is 2.19. The van der Waals surface area contributed by atoms with E-state index in [-0.39, 0.29) is 5.69 Å². The highest BCUT2D eigenvalue weighted by molar-refractivity contribution is 5.88. The van der Waals surface area contributed by atoms with Crippen molar-refractivity contribution in [2.24, 2.45) is 0 Å². The van der Waals surface area contributed by atoms with E-state index in [0.717, 1.165) is 0 Å². The highest BCUT2D eigenvalue weighted by atomic mass is 16.5. The molecule has 0 aliphatic rings. The zero-order valence-electron chi connectivity index (χ0n) is 11.5. The van der Waals surface area contributed by atoms with Gasteiger partial charge in [0.05, 0.1) is 32.5 Å². The molecule has 2 aromatic heterocycles. The summed E-state index contributed by atoms with van der Waals surface area (Å²) >= 11 is 0. The van der Waals surface area contributed by atoms with E-state index in [4.69, 9.17) is 9.47 Å². The summed E-state index contributed by atoms with van der Waals surface area (Å²) in [7, 11) is 2.93. The highest BCUT2D eigenvalue weighted by Crippen LogP contribution is 2.09. The smallest absolute Gasteiger partial charge is 0.360 e. The Morgan fingerprint density at radius 3 is 2.85 bits per heavy atom.